The summed E-state index contributed by atoms with van der Waals surface area (Å²) in [6, 6.07) is 0. The van der Waals surface area contributed by atoms with Crippen LogP contribution < -0.4 is 5.73 Å². The monoisotopic (exact) mass is 183 g/mol. The van der Waals surface area contributed by atoms with Crippen LogP contribution in [-0.4, -0.2) is 22.8 Å². The highest BCUT2D eigenvalue weighted by atomic mass is 32.1. The second kappa shape index (κ2) is 2.53. The molecular weight excluding hydrogens is 174 g/mol. The summed E-state index contributed by atoms with van der Waals surface area (Å²) in [6.07, 6.45) is 0. The lowest BCUT2D eigenvalue weighted by Gasteiger charge is -2.03. The van der Waals surface area contributed by atoms with Crippen molar-refractivity contribution >= 4 is 17.2 Å². The van der Waals surface area contributed by atoms with Crippen molar-refractivity contribution in [2.75, 3.05) is 7.05 Å². The van der Waals surface area contributed by atoms with E-state index in [-0.39, 0.29) is 0 Å². The van der Waals surface area contributed by atoms with Crippen molar-refractivity contribution in [2.45, 2.75) is 13.1 Å². The Labute approximate surface area is 74.0 Å². The molecule has 1 aromatic heterocycles. The van der Waals surface area contributed by atoms with Gasteiger partial charge in [0.05, 0.1) is 5.69 Å². The summed E-state index contributed by atoms with van der Waals surface area (Å²) < 4.78 is 0. The van der Waals surface area contributed by atoms with Gasteiger partial charge in [0.15, 0.2) is 5.01 Å². The van der Waals surface area contributed by atoms with Gasteiger partial charge in [0.2, 0.25) is 0 Å². The predicted molar refractivity (Wildman–Crippen MR) is 45.8 cm³/mol. The molecule has 0 atom stereocenters. The standard InChI is InChI=1S/C7H9N3OS/c1-10-2-4-5(3-10)12-7(9-4)6(8)11/h2-3H2,1H3,(H2,8,11). The first kappa shape index (κ1) is 7.70. The van der Waals surface area contributed by atoms with Crippen LogP contribution in [0.15, 0.2) is 0 Å². The van der Waals surface area contributed by atoms with E-state index in [2.05, 4.69) is 9.88 Å². The first-order chi connectivity index (χ1) is 5.66. The normalized spacial score (nSPS) is 16.4. The van der Waals surface area contributed by atoms with E-state index in [1.54, 1.807) is 0 Å². The van der Waals surface area contributed by atoms with Crippen LogP contribution in [0.1, 0.15) is 20.4 Å². The third kappa shape index (κ3) is 1.11. The Balaban J connectivity index is 2.34. The molecule has 0 saturated carbocycles. The Morgan fingerprint density at radius 3 is 3.00 bits per heavy atom. The number of aromatic nitrogens is 1. The number of nitrogens with two attached hydrogens (primary N) is 1. The van der Waals surface area contributed by atoms with E-state index >= 15 is 0 Å². The van der Waals surface area contributed by atoms with E-state index in [4.69, 9.17) is 5.73 Å². The zero-order valence-electron chi connectivity index (χ0n) is 6.70. The number of hydrogen-bond donors (Lipinski definition) is 1. The summed E-state index contributed by atoms with van der Waals surface area (Å²) in [6.45, 7) is 1.72. The summed E-state index contributed by atoms with van der Waals surface area (Å²) in [5, 5.41) is 0.438. The number of carbonyl (C=O) groups is 1. The van der Waals surface area contributed by atoms with Crippen molar-refractivity contribution in [3.8, 4) is 0 Å². The van der Waals surface area contributed by atoms with Crippen LogP contribution in [-0.2, 0) is 13.1 Å². The Hall–Kier alpha value is -0.940. The largest absolute Gasteiger partial charge is 0.364 e. The number of thiazole rings is 1. The molecule has 0 aromatic carbocycles. The van der Waals surface area contributed by atoms with Gasteiger partial charge in [-0.25, -0.2) is 4.98 Å². The highest BCUT2D eigenvalue weighted by molar-refractivity contribution is 7.13. The maximum atomic E-state index is 10.7. The molecule has 0 spiro atoms. The minimum Gasteiger partial charge on any atom is -0.364 e. The van der Waals surface area contributed by atoms with Crippen molar-refractivity contribution in [2.24, 2.45) is 5.73 Å². The van der Waals surface area contributed by atoms with Gasteiger partial charge in [-0.1, -0.05) is 0 Å². The average molecular weight is 183 g/mol. The number of hydrogen-bond acceptors (Lipinski definition) is 4. The van der Waals surface area contributed by atoms with Crippen LogP contribution in [0.5, 0.6) is 0 Å². The number of amides is 1. The van der Waals surface area contributed by atoms with E-state index in [0.717, 1.165) is 18.8 Å². The molecule has 12 heavy (non-hydrogen) atoms. The predicted octanol–water partition coefficient (Wildman–Crippen LogP) is 0.187. The molecule has 1 amide bonds. The summed E-state index contributed by atoms with van der Waals surface area (Å²) in [5.74, 6) is -0.419. The van der Waals surface area contributed by atoms with Gasteiger partial charge in [-0.2, -0.15) is 0 Å². The van der Waals surface area contributed by atoms with Crippen LogP contribution in [0.4, 0.5) is 0 Å². The summed E-state index contributed by atoms with van der Waals surface area (Å²) in [5.41, 5.74) is 6.12. The molecule has 2 N–H and O–H groups in total. The Morgan fingerprint density at radius 1 is 1.67 bits per heavy atom. The van der Waals surface area contributed by atoms with Crippen LogP contribution in [0.3, 0.4) is 0 Å². The zero-order chi connectivity index (χ0) is 8.72. The molecular formula is C7H9N3OS. The lowest BCUT2D eigenvalue weighted by molar-refractivity contribution is 0.0999. The van der Waals surface area contributed by atoms with E-state index in [0.29, 0.717) is 5.01 Å². The van der Waals surface area contributed by atoms with Crippen molar-refractivity contribution in [1.29, 1.82) is 0 Å². The first-order valence-corrected chi connectivity index (χ1v) is 4.45. The molecule has 0 radical (unpaired) electrons. The number of primary amides is 1. The van der Waals surface area contributed by atoms with Gasteiger partial charge in [0.1, 0.15) is 0 Å². The number of carbonyl (C=O) groups excluding carboxylic acids is 1. The molecule has 1 aliphatic heterocycles. The minimum atomic E-state index is -0.419. The smallest absolute Gasteiger partial charge is 0.277 e. The zero-order valence-corrected chi connectivity index (χ0v) is 7.52. The maximum Gasteiger partial charge on any atom is 0.277 e. The van der Waals surface area contributed by atoms with Crippen LogP contribution in [0, 0.1) is 0 Å². The fourth-order valence-electron chi connectivity index (χ4n) is 1.29. The molecule has 2 heterocycles. The van der Waals surface area contributed by atoms with Gasteiger partial charge < -0.3 is 5.73 Å². The summed E-state index contributed by atoms with van der Waals surface area (Å²) >= 11 is 1.41. The second-order valence-corrected chi connectivity index (χ2v) is 4.01. The molecule has 0 fully saturated rings. The fourth-order valence-corrected chi connectivity index (χ4v) is 2.30. The van der Waals surface area contributed by atoms with E-state index in [1.807, 2.05) is 7.05 Å². The van der Waals surface area contributed by atoms with Gasteiger partial charge in [0, 0.05) is 18.0 Å². The molecule has 1 aliphatic rings. The third-order valence-electron chi connectivity index (χ3n) is 1.82. The number of fused-ring (bicyclic) bond motifs is 1. The topological polar surface area (TPSA) is 59.2 Å². The van der Waals surface area contributed by atoms with Crippen molar-refractivity contribution in [3.63, 3.8) is 0 Å². The van der Waals surface area contributed by atoms with Gasteiger partial charge in [-0.05, 0) is 7.05 Å². The fraction of sp³-hybridized carbons (Fsp3) is 0.429. The molecule has 64 valence electrons. The molecule has 5 heteroatoms. The molecule has 4 nitrogen and oxygen atoms in total. The third-order valence-corrected chi connectivity index (χ3v) is 2.92. The quantitative estimate of drug-likeness (QED) is 0.676. The minimum absolute atomic E-state index is 0.419. The second-order valence-electron chi connectivity index (χ2n) is 2.93. The number of nitrogens with zero attached hydrogens (tertiary/aromatic N) is 2. The summed E-state index contributed by atoms with van der Waals surface area (Å²) in [7, 11) is 2.03. The average Bonchev–Trinajstić information content (AvgIpc) is 2.42. The number of rotatable bonds is 1. The van der Waals surface area contributed by atoms with Gasteiger partial charge in [-0.15, -0.1) is 11.3 Å². The Kier molecular flexibility index (Phi) is 1.62. The van der Waals surface area contributed by atoms with Gasteiger partial charge >= 0.3 is 0 Å². The van der Waals surface area contributed by atoms with E-state index in [9.17, 15) is 4.79 Å². The van der Waals surface area contributed by atoms with Crippen molar-refractivity contribution in [3.05, 3.63) is 15.6 Å². The Morgan fingerprint density at radius 2 is 2.42 bits per heavy atom. The van der Waals surface area contributed by atoms with Gasteiger partial charge in [-0.3, -0.25) is 9.69 Å². The lowest BCUT2D eigenvalue weighted by atomic mass is 10.4. The lowest BCUT2D eigenvalue weighted by Crippen LogP contribution is -2.12. The molecule has 0 saturated heterocycles. The molecule has 0 aliphatic carbocycles. The Bertz CT molecular complexity index is 310. The van der Waals surface area contributed by atoms with Crippen molar-refractivity contribution in [1.82, 2.24) is 9.88 Å². The van der Waals surface area contributed by atoms with E-state index in [1.165, 1.54) is 16.2 Å². The van der Waals surface area contributed by atoms with Gasteiger partial charge in [0.25, 0.3) is 5.91 Å². The maximum absolute atomic E-state index is 10.7. The van der Waals surface area contributed by atoms with Crippen LogP contribution >= 0.6 is 11.3 Å². The summed E-state index contributed by atoms with van der Waals surface area (Å²) in [4.78, 5) is 18.2. The first-order valence-electron chi connectivity index (χ1n) is 3.64. The SMILES string of the molecule is CN1Cc2nc(C(N)=O)sc2C1. The highest BCUT2D eigenvalue weighted by Gasteiger charge is 2.22. The molecule has 1 aromatic rings. The van der Waals surface area contributed by atoms with E-state index < -0.39 is 5.91 Å². The highest BCUT2D eigenvalue weighted by Crippen LogP contribution is 2.26. The van der Waals surface area contributed by atoms with Crippen LogP contribution in [0.25, 0.3) is 0 Å². The van der Waals surface area contributed by atoms with Crippen LogP contribution in [0.2, 0.25) is 0 Å². The molecule has 0 unspecified atom stereocenters. The van der Waals surface area contributed by atoms with Crippen molar-refractivity contribution < 1.29 is 4.79 Å². The molecule has 2 rings (SSSR count). The molecule has 0 bridgehead atoms.